The molecule has 0 bridgehead atoms. The largest absolute Gasteiger partial charge is 0.423 e. The first-order valence-corrected chi connectivity index (χ1v) is 4.49. The summed E-state index contributed by atoms with van der Waals surface area (Å²) in [4.78, 5) is 4.08. The number of hydrogen-bond donors (Lipinski definition) is 1. The van der Waals surface area contributed by atoms with Crippen molar-refractivity contribution in [3.05, 3.63) is 36.0 Å². The zero-order valence-electron chi connectivity index (χ0n) is 8.19. The number of nitrogens with one attached hydrogen (secondary N) is 1. The van der Waals surface area contributed by atoms with Gasteiger partial charge in [-0.1, -0.05) is 30.3 Å². The molecular formula is C11H9N3O. The second kappa shape index (κ2) is 3.84. The Balaban J connectivity index is 2.42. The Morgan fingerprint density at radius 3 is 2.73 bits per heavy atom. The lowest BCUT2D eigenvalue weighted by Crippen LogP contribution is -1.85. The molecule has 0 atom stereocenters. The lowest BCUT2D eigenvalue weighted by molar-refractivity contribution is 0.591. The summed E-state index contributed by atoms with van der Waals surface area (Å²) in [7, 11) is 0. The van der Waals surface area contributed by atoms with E-state index in [-0.39, 0.29) is 6.01 Å². The van der Waals surface area contributed by atoms with Crippen LogP contribution in [0.15, 0.2) is 34.7 Å². The van der Waals surface area contributed by atoms with Gasteiger partial charge >= 0.3 is 6.01 Å². The van der Waals surface area contributed by atoms with Gasteiger partial charge in [-0.15, -0.1) is 0 Å². The molecule has 4 heteroatoms. The van der Waals surface area contributed by atoms with Gasteiger partial charge in [-0.05, 0) is 6.92 Å². The second-order valence-electron chi connectivity index (χ2n) is 3.04. The van der Waals surface area contributed by atoms with Crippen LogP contribution >= 0.6 is 0 Å². The Bertz CT molecular complexity index is 496. The molecule has 0 saturated heterocycles. The summed E-state index contributed by atoms with van der Waals surface area (Å²) in [6.07, 6.45) is 1.77. The normalized spacial score (nSPS) is 9.60. The SMILES string of the molecule is Cc1nc(NC#N)oc1-c1ccccc1. The van der Waals surface area contributed by atoms with Gasteiger partial charge in [0.2, 0.25) is 0 Å². The molecule has 0 aliphatic carbocycles. The van der Waals surface area contributed by atoms with Gasteiger partial charge < -0.3 is 4.42 Å². The van der Waals surface area contributed by atoms with Crippen LogP contribution in [0.4, 0.5) is 6.01 Å². The lowest BCUT2D eigenvalue weighted by Gasteiger charge is -1.95. The minimum absolute atomic E-state index is 0.230. The molecule has 1 heterocycles. The van der Waals surface area contributed by atoms with Crippen molar-refractivity contribution in [3.63, 3.8) is 0 Å². The van der Waals surface area contributed by atoms with Crippen molar-refractivity contribution >= 4 is 6.01 Å². The maximum absolute atomic E-state index is 8.43. The maximum Gasteiger partial charge on any atom is 0.308 e. The summed E-state index contributed by atoms with van der Waals surface area (Å²) in [5.41, 5.74) is 1.72. The summed E-state index contributed by atoms with van der Waals surface area (Å²) in [5.74, 6) is 0.688. The number of oxazole rings is 1. The Morgan fingerprint density at radius 1 is 1.33 bits per heavy atom. The molecule has 1 aromatic carbocycles. The highest BCUT2D eigenvalue weighted by atomic mass is 16.4. The first-order valence-electron chi connectivity index (χ1n) is 4.49. The van der Waals surface area contributed by atoms with E-state index >= 15 is 0 Å². The monoisotopic (exact) mass is 199 g/mol. The highest BCUT2D eigenvalue weighted by Crippen LogP contribution is 2.25. The number of rotatable bonds is 2. The maximum atomic E-state index is 8.43. The van der Waals surface area contributed by atoms with Crippen LogP contribution in [0.25, 0.3) is 11.3 Å². The van der Waals surface area contributed by atoms with E-state index < -0.39 is 0 Å². The van der Waals surface area contributed by atoms with E-state index in [4.69, 9.17) is 9.68 Å². The van der Waals surface area contributed by atoms with E-state index in [1.54, 1.807) is 6.19 Å². The molecule has 0 aliphatic heterocycles. The number of aryl methyl sites for hydroxylation is 1. The Morgan fingerprint density at radius 2 is 2.07 bits per heavy atom. The van der Waals surface area contributed by atoms with Crippen molar-refractivity contribution in [2.75, 3.05) is 5.32 Å². The number of nitriles is 1. The molecule has 15 heavy (non-hydrogen) atoms. The molecule has 2 aromatic rings. The zero-order valence-corrected chi connectivity index (χ0v) is 8.19. The van der Waals surface area contributed by atoms with Gasteiger partial charge in [0.05, 0.1) is 5.69 Å². The molecule has 0 spiro atoms. The minimum Gasteiger partial charge on any atom is -0.423 e. The minimum atomic E-state index is 0.230. The van der Waals surface area contributed by atoms with Crippen molar-refractivity contribution in [1.29, 1.82) is 5.26 Å². The molecule has 0 fully saturated rings. The topological polar surface area (TPSA) is 61.9 Å². The summed E-state index contributed by atoms with van der Waals surface area (Å²) < 4.78 is 5.40. The van der Waals surface area contributed by atoms with Gasteiger partial charge in [0.15, 0.2) is 12.0 Å². The standard InChI is InChI=1S/C11H9N3O/c1-8-10(9-5-3-2-4-6-9)15-11(14-8)13-7-12/h2-6H,1H3,(H,13,14). The van der Waals surface area contributed by atoms with Crippen molar-refractivity contribution < 1.29 is 4.42 Å². The smallest absolute Gasteiger partial charge is 0.308 e. The van der Waals surface area contributed by atoms with Gasteiger partial charge in [-0.3, -0.25) is 0 Å². The number of aromatic nitrogens is 1. The lowest BCUT2D eigenvalue weighted by atomic mass is 10.1. The van der Waals surface area contributed by atoms with Crippen molar-refractivity contribution in [2.24, 2.45) is 0 Å². The van der Waals surface area contributed by atoms with Crippen LogP contribution in [0, 0.1) is 18.4 Å². The number of anilines is 1. The predicted octanol–water partition coefficient (Wildman–Crippen LogP) is 2.54. The molecule has 0 unspecified atom stereocenters. The van der Waals surface area contributed by atoms with Crippen LogP contribution in [0.3, 0.4) is 0 Å². The third-order valence-corrected chi connectivity index (χ3v) is 2.00. The molecule has 1 N–H and O–H groups in total. The summed E-state index contributed by atoms with van der Waals surface area (Å²) in [5, 5.41) is 10.8. The van der Waals surface area contributed by atoms with Crippen molar-refractivity contribution in [2.45, 2.75) is 6.92 Å². The van der Waals surface area contributed by atoms with Crippen LogP contribution in [-0.4, -0.2) is 4.98 Å². The third-order valence-electron chi connectivity index (χ3n) is 2.00. The highest BCUT2D eigenvalue weighted by molar-refractivity contribution is 5.60. The molecule has 4 nitrogen and oxygen atoms in total. The molecule has 1 aromatic heterocycles. The first kappa shape index (κ1) is 9.28. The van der Waals surface area contributed by atoms with Gasteiger partial charge in [0.1, 0.15) is 0 Å². The molecule has 0 radical (unpaired) electrons. The molecule has 74 valence electrons. The van der Waals surface area contributed by atoms with Crippen LogP contribution < -0.4 is 5.32 Å². The molecular weight excluding hydrogens is 190 g/mol. The van der Waals surface area contributed by atoms with E-state index in [2.05, 4.69) is 10.3 Å². The molecule has 0 aliphatic rings. The van der Waals surface area contributed by atoms with Gasteiger partial charge in [-0.25, -0.2) is 5.32 Å². The van der Waals surface area contributed by atoms with Crippen LogP contribution in [0.1, 0.15) is 5.69 Å². The molecule has 0 saturated carbocycles. The van der Waals surface area contributed by atoms with E-state index in [9.17, 15) is 0 Å². The Hall–Kier alpha value is -2.28. The average molecular weight is 199 g/mol. The fourth-order valence-electron chi connectivity index (χ4n) is 1.36. The average Bonchev–Trinajstić information content (AvgIpc) is 2.61. The van der Waals surface area contributed by atoms with E-state index in [1.165, 1.54) is 0 Å². The Labute approximate surface area is 87.2 Å². The summed E-state index contributed by atoms with van der Waals surface area (Å²) >= 11 is 0. The fraction of sp³-hybridized carbons (Fsp3) is 0.0909. The quantitative estimate of drug-likeness (QED) is 0.596. The number of nitrogens with zero attached hydrogens (tertiary/aromatic N) is 2. The Kier molecular flexibility index (Phi) is 2.38. The molecule has 2 rings (SSSR count). The third kappa shape index (κ3) is 1.81. The van der Waals surface area contributed by atoms with E-state index in [0.717, 1.165) is 11.3 Å². The summed E-state index contributed by atoms with van der Waals surface area (Å²) in [6, 6.07) is 9.88. The van der Waals surface area contributed by atoms with E-state index in [0.29, 0.717) is 5.76 Å². The number of benzene rings is 1. The van der Waals surface area contributed by atoms with Crippen LogP contribution in [0.5, 0.6) is 0 Å². The summed E-state index contributed by atoms with van der Waals surface area (Å²) in [6.45, 7) is 1.84. The first-order chi connectivity index (χ1) is 7.31. The predicted molar refractivity (Wildman–Crippen MR) is 55.9 cm³/mol. The van der Waals surface area contributed by atoms with Crippen molar-refractivity contribution in [1.82, 2.24) is 4.98 Å². The van der Waals surface area contributed by atoms with Gasteiger partial charge in [0, 0.05) is 5.56 Å². The van der Waals surface area contributed by atoms with Gasteiger partial charge in [-0.2, -0.15) is 10.2 Å². The fourth-order valence-corrected chi connectivity index (χ4v) is 1.36. The highest BCUT2D eigenvalue weighted by Gasteiger charge is 2.10. The molecule has 0 amide bonds. The second-order valence-corrected chi connectivity index (χ2v) is 3.04. The van der Waals surface area contributed by atoms with E-state index in [1.807, 2.05) is 37.3 Å². The van der Waals surface area contributed by atoms with Gasteiger partial charge in [0.25, 0.3) is 0 Å². The van der Waals surface area contributed by atoms with Crippen LogP contribution in [-0.2, 0) is 0 Å². The van der Waals surface area contributed by atoms with Crippen LogP contribution in [0.2, 0.25) is 0 Å². The number of hydrogen-bond acceptors (Lipinski definition) is 4. The zero-order chi connectivity index (χ0) is 10.7. The van der Waals surface area contributed by atoms with Crippen molar-refractivity contribution in [3.8, 4) is 17.5 Å².